The van der Waals surface area contributed by atoms with Gasteiger partial charge in [0.05, 0.1) is 11.4 Å². The third-order valence-electron chi connectivity index (χ3n) is 1.92. The van der Waals surface area contributed by atoms with E-state index in [1.54, 1.807) is 5.32 Å². The number of ether oxygens (including phenoxy) is 1. The number of amides is 1. The molecule has 0 saturated carbocycles. The molecular formula is C9H13BrF3NO3. The van der Waals surface area contributed by atoms with Gasteiger partial charge in [0.2, 0.25) is 0 Å². The van der Waals surface area contributed by atoms with Crippen molar-refractivity contribution in [3.63, 3.8) is 0 Å². The first-order valence-electron chi connectivity index (χ1n) is 4.78. The maximum atomic E-state index is 12.0. The maximum absolute atomic E-state index is 12.0. The van der Waals surface area contributed by atoms with Gasteiger partial charge in [-0.25, -0.2) is 0 Å². The van der Waals surface area contributed by atoms with Crippen molar-refractivity contribution in [2.24, 2.45) is 0 Å². The van der Waals surface area contributed by atoms with E-state index in [1.165, 1.54) is 7.11 Å². The second-order valence-electron chi connectivity index (χ2n) is 3.26. The third kappa shape index (κ3) is 6.62. The van der Waals surface area contributed by atoms with Crippen LogP contribution in [0.25, 0.3) is 0 Å². The van der Waals surface area contributed by atoms with Crippen LogP contribution in [0.3, 0.4) is 0 Å². The van der Waals surface area contributed by atoms with Crippen molar-refractivity contribution in [2.75, 3.05) is 19.0 Å². The van der Waals surface area contributed by atoms with Crippen LogP contribution in [0, 0.1) is 0 Å². The van der Waals surface area contributed by atoms with E-state index in [4.69, 9.17) is 4.74 Å². The minimum absolute atomic E-state index is 0.108. The summed E-state index contributed by atoms with van der Waals surface area (Å²) >= 11 is 2.85. The standard InChI is InChI=1S/C9H13BrF3NO3/c1-17-4-2-3-6(7(15)5-10)14-8(16)9(11,12)13/h6H,2-5H2,1H3,(H,14,16). The summed E-state index contributed by atoms with van der Waals surface area (Å²) in [6.45, 7) is 0.313. The summed E-state index contributed by atoms with van der Waals surface area (Å²) in [5.74, 6) is -2.60. The van der Waals surface area contributed by atoms with Crippen LogP contribution in [0.15, 0.2) is 0 Å². The van der Waals surface area contributed by atoms with E-state index < -0.39 is 23.9 Å². The van der Waals surface area contributed by atoms with Crippen LogP contribution in [0.2, 0.25) is 0 Å². The maximum Gasteiger partial charge on any atom is 0.471 e. The Hall–Kier alpha value is -0.630. The molecule has 0 heterocycles. The average molecular weight is 320 g/mol. The number of alkyl halides is 4. The molecule has 1 unspecified atom stereocenters. The van der Waals surface area contributed by atoms with Crippen molar-refractivity contribution >= 4 is 27.6 Å². The summed E-state index contributed by atoms with van der Waals surface area (Å²) in [6, 6.07) is -1.14. The van der Waals surface area contributed by atoms with Crippen LogP contribution in [0.1, 0.15) is 12.8 Å². The molecule has 0 fully saturated rings. The Morgan fingerprint density at radius 2 is 2.00 bits per heavy atom. The monoisotopic (exact) mass is 319 g/mol. The molecule has 0 spiro atoms. The second kappa shape index (κ2) is 7.65. The molecule has 0 aromatic heterocycles. The first-order chi connectivity index (χ1) is 7.82. The molecule has 0 rings (SSSR count). The summed E-state index contributed by atoms with van der Waals surface area (Å²) in [6.07, 6.45) is -4.48. The Labute approximate surface area is 105 Å². The zero-order valence-electron chi connectivity index (χ0n) is 9.14. The largest absolute Gasteiger partial charge is 0.471 e. The number of hydrogen-bond donors (Lipinski definition) is 1. The Kier molecular flexibility index (Phi) is 7.37. The molecule has 0 aromatic carbocycles. The molecule has 8 heteroatoms. The van der Waals surface area contributed by atoms with Gasteiger partial charge in [-0.15, -0.1) is 0 Å². The lowest BCUT2D eigenvalue weighted by molar-refractivity contribution is -0.174. The number of nitrogens with one attached hydrogen (secondary N) is 1. The Morgan fingerprint density at radius 1 is 1.41 bits per heavy atom. The van der Waals surface area contributed by atoms with E-state index in [0.29, 0.717) is 13.0 Å². The number of carbonyl (C=O) groups excluding carboxylic acids is 2. The van der Waals surface area contributed by atoms with Gasteiger partial charge in [0, 0.05) is 13.7 Å². The molecule has 17 heavy (non-hydrogen) atoms. The lowest BCUT2D eigenvalue weighted by Crippen LogP contribution is -2.47. The van der Waals surface area contributed by atoms with Crippen molar-refractivity contribution in [3.8, 4) is 0 Å². The highest BCUT2D eigenvalue weighted by atomic mass is 79.9. The van der Waals surface area contributed by atoms with Gasteiger partial charge < -0.3 is 10.1 Å². The van der Waals surface area contributed by atoms with Crippen molar-refractivity contribution in [1.82, 2.24) is 5.32 Å². The molecule has 100 valence electrons. The lowest BCUT2D eigenvalue weighted by Gasteiger charge is -2.17. The number of hydrogen-bond acceptors (Lipinski definition) is 3. The van der Waals surface area contributed by atoms with E-state index in [2.05, 4.69) is 15.9 Å². The van der Waals surface area contributed by atoms with Gasteiger partial charge in [0.25, 0.3) is 0 Å². The van der Waals surface area contributed by atoms with Crippen LogP contribution in [-0.4, -0.2) is 43.0 Å². The molecule has 0 bridgehead atoms. The zero-order chi connectivity index (χ0) is 13.5. The van der Waals surface area contributed by atoms with Crippen molar-refractivity contribution < 1.29 is 27.5 Å². The average Bonchev–Trinajstić information content (AvgIpc) is 2.25. The number of carbonyl (C=O) groups is 2. The smallest absolute Gasteiger partial charge is 0.385 e. The first-order valence-corrected chi connectivity index (χ1v) is 5.90. The number of ketones is 1. The fraction of sp³-hybridized carbons (Fsp3) is 0.778. The summed E-state index contributed by atoms with van der Waals surface area (Å²) in [7, 11) is 1.44. The minimum Gasteiger partial charge on any atom is -0.385 e. The highest BCUT2D eigenvalue weighted by molar-refractivity contribution is 9.09. The quantitative estimate of drug-likeness (QED) is 0.570. The van der Waals surface area contributed by atoms with Gasteiger partial charge in [0.15, 0.2) is 5.78 Å². The predicted octanol–water partition coefficient (Wildman–Crippen LogP) is 1.42. The van der Waals surface area contributed by atoms with Gasteiger partial charge in [-0.3, -0.25) is 9.59 Å². The molecular weight excluding hydrogens is 307 g/mol. The van der Waals surface area contributed by atoms with Gasteiger partial charge in [0.1, 0.15) is 0 Å². The molecule has 0 radical (unpaired) electrons. The molecule has 0 aliphatic heterocycles. The number of Topliss-reactive ketones (excluding diaryl/α,β-unsaturated/α-hetero) is 1. The van der Waals surface area contributed by atoms with Gasteiger partial charge in [-0.05, 0) is 12.8 Å². The lowest BCUT2D eigenvalue weighted by atomic mass is 10.1. The van der Waals surface area contributed by atoms with Crippen LogP contribution in [0.4, 0.5) is 13.2 Å². The highest BCUT2D eigenvalue weighted by Gasteiger charge is 2.40. The van der Waals surface area contributed by atoms with Crippen LogP contribution in [-0.2, 0) is 14.3 Å². The fourth-order valence-electron chi connectivity index (χ4n) is 1.08. The molecule has 0 aromatic rings. The SMILES string of the molecule is COCCCC(NC(=O)C(F)(F)F)C(=O)CBr. The molecule has 1 N–H and O–H groups in total. The summed E-state index contributed by atoms with van der Waals surface area (Å²) in [5.41, 5.74) is 0. The third-order valence-corrected chi connectivity index (χ3v) is 2.48. The Morgan fingerprint density at radius 3 is 2.41 bits per heavy atom. The highest BCUT2D eigenvalue weighted by Crippen LogP contribution is 2.15. The molecule has 4 nitrogen and oxygen atoms in total. The van der Waals surface area contributed by atoms with E-state index in [-0.39, 0.29) is 11.8 Å². The van der Waals surface area contributed by atoms with Gasteiger partial charge in [-0.2, -0.15) is 13.2 Å². The Bertz CT molecular complexity index is 271. The summed E-state index contributed by atoms with van der Waals surface area (Å²) < 4.78 is 40.7. The number of methoxy groups -OCH3 is 1. The zero-order valence-corrected chi connectivity index (χ0v) is 10.7. The van der Waals surface area contributed by atoms with Gasteiger partial charge in [-0.1, -0.05) is 15.9 Å². The van der Waals surface area contributed by atoms with E-state index >= 15 is 0 Å². The van der Waals surface area contributed by atoms with Crippen LogP contribution in [0.5, 0.6) is 0 Å². The molecule has 0 aliphatic rings. The fourth-order valence-corrected chi connectivity index (χ4v) is 1.47. The van der Waals surface area contributed by atoms with Gasteiger partial charge >= 0.3 is 12.1 Å². The van der Waals surface area contributed by atoms with E-state index in [1.807, 2.05) is 0 Å². The summed E-state index contributed by atoms with van der Waals surface area (Å²) in [4.78, 5) is 22.0. The molecule has 1 atom stereocenters. The topological polar surface area (TPSA) is 55.4 Å². The minimum atomic E-state index is -4.98. The Balaban J connectivity index is 4.39. The molecule has 1 amide bonds. The molecule has 0 aliphatic carbocycles. The van der Waals surface area contributed by atoms with Crippen LogP contribution < -0.4 is 5.32 Å². The first kappa shape index (κ1) is 16.4. The second-order valence-corrected chi connectivity index (χ2v) is 3.82. The normalized spacial score (nSPS) is 13.2. The predicted molar refractivity (Wildman–Crippen MR) is 57.9 cm³/mol. The van der Waals surface area contributed by atoms with Crippen molar-refractivity contribution in [1.29, 1.82) is 0 Å². The molecule has 0 saturated heterocycles. The van der Waals surface area contributed by atoms with E-state index in [0.717, 1.165) is 0 Å². The van der Waals surface area contributed by atoms with E-state index in [9.17, 15) is 22.8 Å². The number of rotatable bonds is 7. The van der Waals surface area contributed by atoms with Crippen molar-refractivity contribution in [3.05, 3.63) is 0 Å². The summed E-state index contributed by atoms with van der Waals surface area (Å²) in [5, 5.41) is 1.56. The van der Waals surface area contributed by atoms with Crippen molar-refractivity contribution in [2.45, 2.75) is 25.1 Å². The van der Waals surface area contributed by atoms with Crippen LogP contribution >= 0.6 is 15.9 Å². The number of halogens is 4.